The number of hydrogen-bond donors (Lipinski definition) is 2. The second kappa shape index (κ2) is 7.28. The van der Waals surface area contributed by atoms with Crippen molar-refractivity contribution in [2.24, 2.45) is 5.73 Å². The highest BCUT2D eigenvalue weighted by Crippen LogP contribution is 2.17. The van der Waals surface area contributed by atoms with Gasteiger partial charge in [0.05, 0.1) is 12.5 Å². The molecule has 0 aromatic heterocycles. The Morgan fingerprint density at radius 2 is 1.81 bits per heavy atom. The van der Waals surface area contributed by atoms with E-state index in [4.69, 9.17) is 5.73 Å². The fraction of sp³-hybridized carbons (Fsp3) is 0.167. The number of amides is 1. The van der Waals surface area contributed by atoms with Gasteiger partial charge in [-0.15, -0.1) is 0 Å². The van der Waals surface area contributed by atoms with Gasteiger partial charge in [-0.3, -0.25) is 4.79 Å². The summed E-state index contributed by atoms with van der Waals surface area (Å²) in [6.07, 6.45) is 0. The molecule has 2 aromatic carbocycles. The zero-order valence-corrected chi connectivity index (χ0v) is 12.0. The highest BCUT2D eigenvalue weighted by atomic mass is 16.1. The minimum Gasteiger partial charge on any atom is -0.326 e. The van der Waals surface area contributed by atoms with E-state index >= 15 is 0 Å². The summed E-state index contributed by atoms with van der Waals surface area (Å²) in [5, 5.41) is 2.91. The van der Waals surface area contributed by atoms with Crippen LogP contribution >= 0.6 is 0 Å². The molecule has 2 rings (SSSR count). The van der Waals surface area contributed by atoms with Crippen LogP contribution in [-0.2, 0) is 4.79 Å². The predicted molar refractivity (Wildman–Crippen MR) is 85.9 cm³/mol. The van der Waals surface area contributed by atoms with Crippen molar-refractivity contribution in [1.29, 1.82) is 0 Å². The molecule has 0 fully saturated rings. The number of carbonyl (C=O) groups excluding carboxylic acids is 1. The third-order valence-corrected chi connectivity index (χ3v) is 3.18. The van der Waals surface area contributed by atoms with E-state index in [0.29, 0.717) is 6.54 Å². The molecular weight excluding hydrogens is 260 g/mol. The zero-order chi connectivity index (χ0) is 15.1. The molecular formula is C18H18N2O. The second-order valence-electron chi connectivity index (χ2n) is 4.70. The summed E-state index contributed by atoms with van der Waals surface area (Å²) in [6, 6.07) is 17.1. The Hall–Kier alpha value is -2.57. The van der Waals surface area contributed by atoms with Crippen LogP contribution in [0.5, 0.6) is 0 Å². The largest absolute Gasteiger partial charge is 0.326 e. The van der Waals surface area contributed by atoms with Gasteiger partial charge in [0.25, 0.3) is 0 Å². The summed E-state index contributed by atoms with van der Waals surface area (Å²) in [6.45, 7) is 2.23. The molecule has 0 radical (unpaired) electrons. The maximum Gasteiger partial charge on any atom is 0.231 e. The molecule has 2 aromatic rings. The average Bonchev–Trinajstić information content (AvgIpc) is 2.54. The van der Waals surface area contributed by atoms with Crippen LogP contribution in [0, 0.1) is 11.8 Å². The molecule has 0 spiro atoms. The lowest BCUT2D eigenvalue weighted by atomic mass is 10.0. The monoisotopic (exact) mass is 278 g/mol. The molecule has 0 aliphatic carbocycles. The molecule has 3 nitrogen and oxygen atoms in total. The fourth-order valence-electron chi connectivity index (χ4n) is 1.93. The van der Waals surface area contributed by atoms with E-state index in [1.54, 1.807) is 0 Å². The van der Waals surface area contributed by atoms with E-state index in [9.17, 15) is 4.79 Å². The van der Waals surface area contributed by atoms with Crippen LogP contribution < -0.4 is 11.1 Å². The van der Waals surface area contributed by atoms with E-state index < -0.39 is 0 Å². The van der Waals surface area contributed by atoms with Gasteiger partial charge in [-0.1, -0.05) is 42.2 Å². The van der Waals surface area contributed by atoms with Gasteiger partial charge < -0.3 is 11.1 Å². The lowest BCUT2D eigenvalue weighted by Crippen LogP contribution is -2.18. The second-order valence-corrected chi connectivity index (χ2v) is 4.70. The van der Waals surface area contributed by atoms with Gasteiger partial charge >= 0.3 is 0 Å². The lowest BCUT2D eigenvalue weighted by Gasteiger charge is -2.12. The van der Waals surface area contributed by atoms with E-state index in [1.165, 1.54) is 0 Å². The van der Waals surface area contributed by atoms with Gasteiger partial charge in [-0.25, -0.2) is 0 Å². The van der Waals surface area contributed by atoms with Gasteiger partial charge in [0.2, 0.25) is 5.91 Å². The first-order valence-electron chi connectivity index (χ1n) is 6.85. The minimum atomic E-state index is -0.192. The third kappa shape index (κ3) is 4.20. The molecule has 3 N–H and O–H groups in total. The number of benzene rings is 2. The molecule has 1 atom stereocenters. The maximum atomic E-state index is 12.2. The number of hydrogen-bond acceptors (Lipinski definition) is 2. The summed E-state index contributed by atoms with van der Waals surface area (Å²) in [5.41, 5.74) is 7.98. The van der Waals surface area contributed by atoms with Crippen LogP contribution in [0.4, 0.5) is 5.69 Å². The topological polar surface area (TPSA) is 55.1 Å². The van der Waals surface area contributed by atoms with Crippen LogP contribution in [0.2, 0.25) is 0 Å². The van der Waals surface area contributed by atoms with E-state index in [-0.39, 0.29) is 11.8 Å². The number of nitrogens with one attached hydrogen (secondary N) is 1. The zero-order valence-electron chi connectivity index (χ0n) is 12.0. The fourth-order valence-corrected chi connectivity index (χ4v) is 1.93. The van der Waals surface area contributed by atoms with E-state index in [1.807, 2.05) is 61.5 Å². The Morgan fingerprint density at radius 1 is 1.14 bits per heavy atom. The van der Waals surface area contributed by atoms with Crippen molar-refractivity contribution < 1.29 is 4.79 Å². The van der Waals surface area contributed by atoms with Crippen molar-refractivity contribution in [3.63, 3.8) is 0 Å². The summed E-state index contributed by atoms with van der Waals surface area (Å²) in [4.78, 5) is 12.2. The normalized spacial score (nSPS) is 11.1. The summed E-state index contributed by atoms with van der Waals surface area (Å²) < 4.78 is 0. The molecule has 3 heteroatoms. The van der Waals surface area contributed by atoms with Crippen molar-refractivity contribution >= 4 is 11.6 Å². The lowest BCUT2D eigenvalue weighted by molar-refractivity contribution is -0.117. The molecule has 1 amide bonds. The third-order valence-electron chi connectivity index (χ3n) is 3.18. The van der Waals surface area contributed by atoms with Gasteiger partial charge in [0.1, 0.15) is 0 Å². The van der Waals surface area contributed by atoms with Crippen molar-refractivity contribution in [3.8, 4) is 11.8 Å². The molecule has 0 saturated heterocycles. The molecule has 0 aliphatic heterocycles. The number of anilines is 1. The molecule has 21 heavy (non-hydrogen) atoms. The van der Waals surface area contributed by atoms with Gasteiger partial charge in [-0.05, 0) is 36.8 Å². The first kappa shape index (κ1) is 14.8. The van der Waals surface area contributed by atoms with Crippen molar-refractivity contribution in [1.82, 2.24) is 0 Å². The summed E-state index contributed by atoms with van der Waals surface area (Å²) in [5.74, 6) is 5.52. The quantitative estimate of drug-likeness (QED) is 0.848. The first-order chi connectivity index (χ1) is 10.2. The maximum absolute atomic E-state index is 12.2. The van der Waals surface area contributed by atoms with Crippen LogP contribution in [-0.4, -0.2) is 12.5 Å². The molecule has 0 aliphatic rings. The van der Waals surface area contributed by atoms with Gasteiger partial charge in [0.15, 0.2) is 0 Å². The Balaban J connectivity index is 2.02. The molecule has 0 bridgehead atoms. The van der Waals surface area contributed by atoms with Gasteiger partial charge in [0, 0.05) is 11.3 Å². The highest BCUT2D eigenvalue weighted by molar-refractivity contribution is 5.95. The Bertz CT molecular complexity index is 651. The highest BCUT2D eigenvalue weighted by Gasteiger charge is 2.14. The smallest absolute Gasteiger partial charge is 0.231 e. The van der Waals surface area contributed by atoms with Crippen LogP contribution in [0.1, 0.15) is 24.0 Å². The molecule has 0 saturated carbocycles. The summed E-state index contributed by atoms with van der Waals surface area (Å²) in [7, 11) is 0. The molecule has 0 heterocycles. The predicted octanol–water partition coefficient (Wildman–Crippen LogP) is 2.74. The Labute approximate surface area is 125 Å². The van der Waals surface area contributed by atoms with E-state index in [0.717, 1.165) is 16.8 Å². The number of nitrogens with two attached hydrogens (primary N) is 1. The standard InChI is InChI=1S/C18H18N2O/c1-14(16-7-3-2-4-8-16)18(21)20-17-11-9-15(10-12-17)6-5-13-19/h2-4,7-12,14H,13,19H2,1H3,(H,20,21). The average molecular weight is 278 g/mol. The van der Waals surface area contributed by atoms with Crippen molar-refractivity contribution in [2.45, 2.75) is 12.8 Å². The van der Waals surface area contributed by atoms with Crippen LogP contribution in [0.25, 0.3) is 0 Å². The van der Waals surface area contributed by atoms with Crippen molar-refractivity contribution in [2.75, 3.05) is 11.9 Å². The van der Waals surface area contributed by atoms with Crippen LogP contribution in [0.15, 0.2) is 54.6 Å². The van der Waals surface area contributed by atoms with Crippen molar-refractivity contribution in [3.05, 3.63) is 65.7 Å². The van der Waals surface area contributed by atoms with Crippen LogP contribution in [0.3, 0.4) is 0 Å². The van der Waals surface area contributed by atoms with Gasteiger partial charge in [-0.2, -0.15) is 0 Å². The minimum absolute atomic E-state index is 0.0259. The molecule has 106 valence electrons. The van der Waals surface area contributed by atoms with E-state index in [2.05, 4.69) is 17.2 Å². The Morgan fingerprint density at radius 3 is 2.43 bits per heavy atom. The molecule has 1 unspecified atom stereocenters. The number of carbonyl (C=O) groups is 1. The number of rotatable bonds is 3. The summed E-state index contributed by atoms with van der Waals surface area (Å²) >= 11 is 0. The SMILES string of the molecule is CC(C(=O)Nc1ccc(C#CCN)cc1)c1ccccc1. The first-order valence-corrected chi connectivity index (χ1v) is 6.85. The Kier molecular flexibility index (Phi) is 5.14.